The Morgan fingerprint density at radius 1 is 1.17 bits per heavy atom. The number of anilines is 1. The first-order valence-electron chi connectivity index (χ1n) is 6.85. The highest BCUT2D eigenvalue weighted by atomic mass is 16.7. The van der Waals surface area contributed by atoms with Crippen molar-refractivity contribution in [3.63, 3.8) is 0 Å². The van der Waals surface area contributed by atoms with E-state index >= 15 is 0 Å². The van der Waals surface area contributed by atoms with Gasteiger partial charge in [0, 0.05) is 30.0 Å². The first-order chi connectivity index (χ1) is 11.0. The number of hydrogen-bond donors (Lipinski definition) is 1. The van der Waals surface area contributed by atoms with E-state index in [1.165, 1.54) is 7.11 Å². The Kier molecular flexibility index (Phi) is 4.85. The van der Waals surface area contributed by atoms with E-state index < -0.39 is 12.1 Å². The largest absolute Gasteiger partial charge is 0.513 e. The van der Waals surface area contributed by atoms with Crippen LogP contribution in [0.2, 0.25) is 0 Å². The minimum Gasteiger partial charge on any atom is -0.437 e. The fourth-order valence-corrected chi connectivity index (χ4v) is 2.13. The predicted molar refractivity (Wildman–Crippen MR) is 87.1 cm³/mol. The molecule has 6 nitrogen and oxygen atoms in total. The van der Waals surface area contributed by atoms with E-state index in [1.807, 2.05) is 19.1 Å². The summed E-state index contributed by atoms with van der Waals surface area (Å²) in [5.41, 5.74) is 1.46. The first-order valence-corrected chi connectivity index (χ1v) is 6.85. The van der Waals surface area contributed by atoms with Crippen molar-refractivity contribution >= 4 is 28.6 Å². The van der Waals surface area contributed by atoms with Crippen LogP contribution in [-0.4, -0.2) is 26.3 Å². The van der Waals surface area contributed by atoms with Crippen molar-refractivity contribution < 1.29 is 23.8 Å². The standard InChI is InChI=1S/C17H17NO5/c1-5-15(19)23-16-11-7-6-10(2)8-12(11)14(9-13(16)18-3)22-17(20)21-4/h5-9,18H,1H2,2-4H3. The van der Waals surface area contributed by atoms with Gasteiger partial charge in [0.25, 0.3) is 0 Å². The number of aryl methyl sites for hydroxylation is 1. The lowest BCUT2D eigenvalue weighted by atomic mass is 10.0. The topological polar surface area (TPSA) is 73.9 Å². The lowest BCUT2D eigenvalue weighted by Crippen LogP contribution is -2.10. The van der Waals surface area contributed by atoms with E-state index in [-0.39, 0.29) is 0 Å². The molecule has 2 aromatic rings. The second-order valence-electron chi connectivity index (χ2n) is 4.73. The second kappa shape index (κ2) is 6.83. The van der Waals surface area contributed by atoms with Gasteiger partial charge >= 0.3 is 12.1 Å². The molecule has 0 radical (unpaired) electrons. The molecule has 0 amide bonds. The Labute approximate surface area is 133 Å². The average Bonchev–Trinajstić information content (AvgIpc) is 2.56. The number of nitrogens with one attached hydrogen (secondary N) is 1. The Morgan fingerprint density at radius 2 is 1.91 bits per heavy atom. The van der Waals surface area contributed by atoms with Gasteiger partial charge in [-0.3, -0.25) is 0 Å². The lowest BCUT2D eigenvalue weighted by Gasteiger charge is -2.15. The SMILES string of the molecule is C=CC(=O)Oc1c(NC)cc(OC(=O)OC)c2cc(C)ccc12. The number of methoxy groups -OCH3 is 1. The summed E-state index contributed by atoms with van der Waals surface area (Å²) >= 11 is 0. The molecule has 0 fully saturated rings. The molecule has 1 N–H and O–H groups in total. The highest BCUT2D eigenvalue weighted by molar-refractivity contribution is 6.01. The van der Waals surface area contributed by atoms with Crippen LogP contribution in [0.3, 0.4) is 0 Å². The normalized spacial score (nSPS) is 10.0. The molecule has 0 bridgehead atoms. The molecule has 0 aliphatic rings. The van der Waals surface area contributed by atoms with Gasteiger partial charge in [-0.1, -0.05) is 24.3 Å². The van der Waals surface area contributed by atoms with Crippen LogP contribution in [-0.2, 0) is 9.53 Å². The Morgan fingerprint density at radius 3 is 2.52 bits per heavy atom. The molecule has 2 aromatic carbocycles. The maximum absolute atomic E-state index is 11.6. The van der Waals surface area contributed by atoms with Crippen LogP contribution in [0.1, 0.15) is 5.56 Å². The summed E-state index contributed by atoms with van der Waals surface area (Å²) in [6, 6.07) is 7.07. The summed E-state index contributed by atoms with van der Waals surface area (Å²) in [6.07, 6.45) is 0.254. The highest BCUT2D eigenvalue weighted by Gasteiger charge is 2.18. The minimum atomic E-state index is -0.828. The summed E-state index contributed by atoms with van der Waals surface area (Å²) in [6.45, 7) is 5.30. The van der Waals surface area contributed by atoms with Crippen molar-refractivity contribution in [2.45, 2.75) is 6.92 Å². The third-order valence-corrected chi connectivity index (χ3v) is 3.20. The molecule has 0 aromatic heterocycles. The van der Waals surface area contributed by atoms with Gasteiger partial charge < -0.3 is 19.5 Å². The summed E-state index contributed by atoms with van der Waals surface area (Å²) in [5, 5.41) is 4.17. The van der Waals surface area contributed by atoms with Gasteiger partial charge in [-0.15, -0.1) is 0 Å². The van der Waals surface area contributed by atoms with Crippen LogP contribution in [0.25, 0.3) is 10.8 Å². The van der Waals surface area contributed by atoms with Crippen molar-refractivity contribution in [3.8, 4) is 11.5 Å². The Hall–Kier alpha value is -3.02. The van der Waals surface area contributed by atoms with Crippen LogP contribution < -0.4 is 14.8 Å². The molecule has 0 aliphatic carbocycles. The van der Waals surface area contributed by atoms with Crippen LogP contribution >= 0.6 is 0 Å². The number of rotatable bonds is 4. The first kappa shape index (κ1) is 16.4. The molecule has 0 aliphatic heterocycles. The van der Waals surface area contributed by atoms with Crippen molar-refractivity contribution in [2.75, 3.05) is 19.5 Å². The Balaban J connectivity index is 2.71. The van der Waals surface area contributed by atoms with E-state index in [0.717, 1.165) is 11.6 Å². The lowest BCUT2D eigenvalue weighted by molar-refractivity contribution is -0.128. The van der Waals surface area contributed by atoms with Crippen LogP contribution in [0.15, 0.2) is 36.9 Å². The molecule has 2 rings (SSSR count). The molecule has 0 saturated heterocycles. The van der Waals surface area contributed by atoms with Gasteiger partial charge in [0.15, 0.2) is 5.75 Å². The van der Waals surface area contributed by atoms with Crippen molar-refractivity contribution in [3.05, 3.63) is 42.5 Å². The number of esters is 1. The number of hydrogen-bond acceptors (Lipinski definition) is 6. The van der Waals surface area contributed by atoms with Gasteiger partial charge in [0.2, 0.25) is 0 Å². The number of ether oxygens (including phenoxy) is 3. The Bertz CT molecular complexity index is 782. The zero-order valence-corrected chi connectivity index (χ0v) is 13.1. The monoisotopic (exact) mass is 315 g/mol. The van der Waals surface area contributed by atoms with Crippen LogP contribution in [0.5, 0.6) is 11.5 Å². The highest BCUT2D eigenvalue weighted by Crippen LogP contribution is 2.40. The summed E-state index contributed by atoms with van der Waals surface area (Å²) in [4.78, 5) is 23.1. The van der Waals surface area contributed by atoms with Crippen molar-refractivity contribution in [2.24, 2.45) is 0 Å². The molecule has 23 heavy (non-hydrogen) atoms. The van der Waals surface area contributed by atoms with E-state index in [2.05, 4.69) is 16.6 Å². The molecule has 0 saturated carbocycles. The van der Waals surface area contributed by atoms with Gasteiger partial charge in [-0.05, 0) is 13.0 Å². The average molecular weight is 315 g/mol. The molecule has 0 atom stereocenters. The van der Waals surface area contributed by atoms with Gasteiger partial charge in [0.1, 0.15) is 5.75 Å². The molecule has 120 valence electrons. The zero-order valence-electron chi connectivity index (χ0n) is 13.1. The third-order valence-electron chi connectivity index (χ3n) is 3.20. The molecule has 0 heterocycles. The second-order valence-corrected chi connectivity index (χ2v) is 4.73. The molecule has 0 spiro atoms. The van der Waals surface area contributed by atoms with E-state index in [0.29, 0.717) is 28.0 Å². The maximum Gasteiger partial charge on any atom is 0.513 e. The van der Waals surface area contributed by atoms with Gasteiger partial charge in [-0.25, -0.2) is 9.59 Å². The van der Waals surface area contributed by atoms with Crippen molar-refractivity contribution in [1.29, 1.82) is 0 Å². The van der Waals surface area contributed by atoms with E-state index in [1.54, 1.807) is 19.2 Å². The quantitative estimate of drug-likeness (QED) is 0.403. The zero-order chi connectivity index (χ0) is 17.0. The number of carbonyl (C=O) groups is 2. The van der Waals surface area contributed by atoms with Crippen LogP contribution in [0.4, 0.5) is 10.5 Å². The van der Waals surface area contributed by atoms with Crippen molar-refractivity contribution in [1.82, 2.24) is 0 Å². The number of benzene rings is 2. The minimum absolute atomic E-state index is 0.304. The molecule has 6 heteroatoms. The summed E-state index contributed by atoms with van der Waals surface area (Å²) in [7, 11) is 2.90. The van der Waals surface area contributed by atoms with E-state index in [4.69, 9.17) is 9.47 Å². The predicted octanol–water partition coefficient (Wildman–Crippen LogP) is 3.43. The van der Waals surface area contributed by atoms with Crippen LogP contribution in [0, 0.1) is 6.92 Å². The maximum atomic E-state index is 11.6. The number of fused-ring (bicyclic) bond motifs is 1. The summed E-state index contributed by atoms with van der Waals surface area (Å²) < 4.78 is 15.1. The van der Waals surface area contributed by atoms with E-state index in [9.17, 15) is 9.59 Å². The molecular weight excluding hydrogens is 298 g/mol. The fraction of sp³-hybridized carbons (Fsp3) is 0.176. The summed E-state index contributed by atoms with van der Waals surface area (Å²) in [5.74, 6) is 0.0629. The molecular formula is C17H17NO5. The van der Waals surface area contributed by atoms with Gasteiger partial charge in [-0.2, -0.15) is 0 Å². The van der Waals surface area contributed by atoms with Gasteiger partial charge in [0.05, 0.1) is 12.8 Å². The molecule has 0 unspecified atom stereocenters. The fourth-order valence-electron chi connectivity index (χ4n) is 2.13. The third kappa shape index (κ3) is 3.42. The number of carbonyl (C=O) groups excluding carboxylic acids is 2. The smallest absolute Gasteiger partial charge is 0.437 e.